The summed E-state index contributed by atoms with van der Waals surface area (Å²) in [5.41, 5.74) is 7.02. The van der Waals surface area contributed by atoms with Gasteiger partial charge < -0.3 is 19.9 Å². The first-order valence-corrected chi connectivity index (χ1v) is 6.27. The van der Waals surface area contributed by atoms with Crippen molar-refractivity contribution in [2.75, 3.05) is 20.3 Å². The van der Waals surface area contributed by atoms with Gasteiger partial charge in [-0.25, -0.2) is 0 Å². The zero-order valence-corrected chi connectivity index (χ0v) is 11.5. The minimum atomic E-state index is -0.490. The van der Waals surface area contributed by atoms with Crippen molar-refractivity contribution in [3.05, 3.63) is 11.9 Å². The van der Waals surface area contributed by atoms with Crippen LogP contribution >= 0.6 is 0 Å². The third-order valence-corrected chi connectivity index (χ3v) is 2.64. The van der Waals surface area contributed by atoms with Gasteiger partial charge in [0.1, 0.15) is 11.7 Å². The third-order valence-electron chi connectivity index (χ3n) is 2.64. The Kier molecular flexibility index (Phi) is 6.11. The molecule has 1 heterocycles. The van der Waals surface area contributed by atoms with Crippen molar-refractivity contribution in [2.45, 2.75) is 39.6 Å². The second-order valence-electron chi connectivity index (χ2n) is 3.72. The predicted molar refractivity (Wildman–Crippen MR) is 68.4 cm³/mol. The molecule has 6 nitrogen and oxygen atoms in total. The molecule has 2 N–H and O–H groups in total. The maximum atomic E-state index is 6.22. The van der Waals surface area contributed by atoms with E-state index in [1.54, 1.807) is 18.0 Å². The summed E-state index contributed by atoms with van der Waals surface area (Å²) in [6.07, 6.45) is 1.17. The molecule has 1 unspecified atom stereocenters. The van der Waals surface area contributed by atoms with Gasteiger partial charge in [0, 0.05) is 19.8 Å². The van der Waals surface area contributed by atoms with Gasteiger partial charge in [-0.2, -0.15) is 5.10 Å². The normalized spacial score (nSPS) is 13.0. The number of methoxy groups -OCH3 is 1. The lowest BCUT2D eigenvalue weighted by molar-refractivity contribution is -0.150. The summed E-state index contributed by atoms with van der Waals surface area (Å²) in [7, 11) is 1.60. The van der Waals surface area contributed by atoms with Crippen LogP contribution in [0.2, 0.25) is 0 Å². The topological polar surface area (TPSA) is 71.5 Å². The van der Waals surface area contributed by atoms with Gasteiger partial charge in [-0.05, 0) is 20.8 Å². The number of rotatable bonds is 8. The Morgan fingerprint density at radius 1 is 1.28 bits per heavy atom. The molecular formula is C12H23N3O3. The van der Waals surface area contributed by atoms with Crippen LogP contribution in [-0.2, 0) is 16.0 Å². The summed E-state index contributed by atoms with van der Waals surface area (Å²) in [6, 6.07) is -0.428. The van der Waals surface area contributed by atoms with Crippen LogP contribution in [-0.4, -0.2) is 36.4 Å². The molecular weight excluding hydrogens is 234 g/mol. The molecule has 0 radical (unpaired) electrons. The summed E-state index contributed by atoms with van der Waals surface area (Å²) in [5.74, 6) is 0.661. The Hall–Kier alpha value is -1.11. The molecule has 0 amide bonds. The van der Waals surface area contributed by atoms with Crippen molar-refractivity contribution < 1.29 is 14.2 Å². The fourth-order valence-corrected chi connectivity index (χ4v) is 1.84. The standard InChI is InChI=1S/C12H23N3O3/c1-5-15-11(9(16-4)8-14-15)10(13)12(17-6-2)18-7-3/h8,10,12H,5-7,13H2,1-4H3. The number of aromatic nitrogens is 2. The first-order chi connectivity index (χ1) is 8.69. The van der Waals surface area contributed by atoms with Crippen molar-refractivity contribution >= 4 is 0 Å². The number of hydrogen-bond acceptors (Lipinski definition) is 5. The van der Waals surface area contributed by atoms with Crippen LogP contribution in [0.3, 0.4) is 0 Å². The van der Waals surface area contributed by atoms with E-state index in [4.69, 9.17) is 19.9 Å². The first-order valence-electron chi connectivity index (χ1n) is 6.27. The van der Waals surface area contributed by atoms with Gasteiger partial charge in [0.25, 0.3) is 0 Å². The number of aryl methyl sites for hydroxylation is 1. The van der Waals surface area contributed by atoms with E-state index in [2.05, 4.69) is 5.10 Å². The van der Waals surface area contributed by atoms with Gasteiger partial charge in [0.05, 0.1) is 13.3 Å². The minimum Gasteiger partial charge on any atom is -0.493 e. The van der Waals surface area contributed by atoms with E-state index in [1.807, 2.05) is 20.8 Å². The van der Waals surface area contributed by atoms with Crippen molar-refractivity contribution in [1.82, 2.24) is 9.78 Å². The maximum Gasteiger partial charge on any atom is 0.178 e. The van der Waals surface area contributed by atoms with E-state index >= 15 is 0 Å². The van der Waals surface area contributed by atoms with E-state index in [0.29, 0.717) is 19.0 Å². The van der Waals surface area contributed by atoms with Gasteiger partial charge in [0.15, 0.2) is 12.0 Å². The molecule has 18 heavy (non-hydrogen) atoms. The highest BCUT2D eigenvalue weighted by atomic mass is 16.7. The largest absolute Gasteiger partial charge is 0.493 e. The van der Waals surface area contributed by atoms with Crippen LogP contribution in [0.15, 0.2) is 6.20 Å². The summed E-state index contributed by atoms with van der Waals surface area (Å²) in [6.45, 7) is 7.62. The molecule has 0 aromatic carbocycles. The predicted octanol–water partition coefficient (Wildman–Crippen LogP) is 1.31. The fraction of sp³-hybridized carbons (Fsp3) is 0.750. The smallest absolute Gasteiger partial charge is 0.178 e. The molecule has 0 saturated heterocycles. The molecule has 1 atom stereocenters. The molecule has 0 aliphatic heterocycles. The van der Waals surface area contributed by atoms with Crippen LogP contribution in [0, 0.1) is 0 Å². The summed E-state index contributed by atoms with van der Waals surface area (Å²) < 4.78 is 18.1. The van der Waals surface area contributed by atoms with Crippen LogP contribution in [0.25, 0.3) is 0 Å². The van der Waals surface area contributed by atoms with Crippen LogP contribution in [0.5, 0.6) is 5.75 Å². The van der Waals surface area contributed by atoms with Gasteiger partial charge >= 0.3 is 0 Å². The monoisotopic (exact) mass is 257 g/mol. The Morgan fingerprint density at radius 3 is 2.33 bits per heavy atom. The molecule has 0 aliphatic carbocycles. The van der Waals surface area contributed by atoms with Crippen molar-refractivity contribution in [3.63, 3.8) is 0 Å². The lowest BCUT2D eigenvalue weighted by Gasteiger charge is -2.24. The van der Waals surface area contributed by atoms with Gasteiger partial charge in [-0.3, -0.25) is 4.68 Å². The number of nitrogens with two attached hydrogens (primary N) is 1. The molecule has 0 fully saturated rings. The quantitative estimate of drug-likeness (QED) is 0.711. The second kappa shape index (κ2) is 7.35. The SMILES string of the molecule is CCOC(OCC)C(N)c1c(OC)cnn1CC. The average Bonchev–Trinajstić information content (AvgIpc) is 2.80. The molecule has 1 rings (SSSR count). The first kappa shape index (κ1) is 14.9. The van der Waals surface area contributed by atoms with Crippen LogP contribution < -0.4 is 10.5 Å². The summed E-state index contributed by atoms with van der Waals surface area (Å²) >= 11 is 0. The van der Waals surface area contributed by atoms with Gasteiger partial charge in [-0.1, -0.05) is 0 Å². The van der Waals surface area contributed by atoms with E-state index in [0.717, 1.165) is 12.2 Å². The number of nitrogens with zero attached hydrogens (tertiary/aromatic N) is 2. The third kappa shape index (κ3) is 3.22. The number of hydrogen-bond donors (Lipinski definition) is 1. The number of ether oxygens (including phenoxy) is 3. The Bertz CT molecular complexity index is 327. The molecule has 0 saturated carbocycles. The average molecular weight is 257 g/mol. The fourth-order valence-electron chi connectivity index (χ4n) is 1.84. The Labute approximate surface area is 108 Å². The maximum absolute atomic E-state index is 6.22. The minimum absolute atomic E-state index is 0.428. The Balaban J connectivity index is 2.97. The summed E-state index contributed by atoms with van der Waals surface area (Å²) in [4.78, 5) is 0. The molecule has 0 spiro atoms. The highest BCUT2D eigenvalue weighted by Gasteiger charge is 2.27. The molecule has 0 aliphatic rings. The van der Waals surface area contributed by atoms with Gasteiger partial charge in [-0.15, -0.1) is 0 Å². The van der Waals surface area contributed by atoms with Gasteiger partial charge in [0.2, 0.25) is 0 Å². The molecule has 0 bridgehead atoms. The lowest BCUT2D eigenvalue weighted by Crippen LogP contribution is -2.33. The molecule has 104 valence electrons. The second-order valence-corrected chi connectivity index (χ2v) is 3.72. The van der Waals surface area contributed by atoms with Crippen LogP contribution in [0.1, 0.15) is 32.5 Å². The molecule has 1 aromatic rings. The molecule has 1 aromatic heterocycles. The van der Waals surface area contributed by atoms with E-state index in [9.17, 15) is 0 Å². The van der Waals surface area contributed by atoms with Crippen molar-refractivity contribution in [2.24, 2.45) is 5.73 Å². The summed E-state index contributed by atoms with van der Waals surface area (Å²) in [5, 5.41) is 4.23. The van der Waals surface area contributed by atoms with Crippen LogP contribution in [0.4, 0.5) is 0 Å². The highest BCUT2D eigenvalue weighted by Crippen LogP contribution is 2.27. The van der Waals surface area contributed by atoms with E-state index in [-0.39, 0.29) is 0 Å². The zero-order valence-electron chi connectivity index (χ0n) is 11.5. The highest BCUT2D eigenvalue weighted by molar-refractivity contribution is 5.28. The molecule has 6 heteroatoms. The van der Waals surface area contributed by atoms with Crippen molar-refractivity contribution in [3.8, 4) is 5.75 Å². The Morgan fingerprint density at radius 2 is 1.89 bits per heavy atom. The van der Waals surface area contributed by atoms with E-state index < -0.39 is 12.3 Å². The lowest BCUT2D eigenvalue weighted by atomic mass is 10.2. The van der Waals surface area contributed by atoms with E-state index in [1.165, 1.54) is 0 Å². The zero-order chi connectivity index (χ0) is 13.5. The van der Waals surface area contributed by atoms with Crippen molar-refractivity contribution in [1.29, 1.82) is 0 Å².